The summed E-state index contributed by atoms with van der Waals surface area (Å²) in [7, 11) is 0. The van der Waals surface area contributed by atoms with Gasteiger partial charge in [0.2, 0.25) is 0 Å². The van der Waals surface area contributed by atoms with Crippen molar-refractivity contribution in [2.45, 2.75) is 46.1 Å². The quantitative estimate of drug-likeness (QED) is 0.778. The molecule has 86 valence electrons. The van der Waals surface area contributed by atoms with Gasteiger partial charge in [-0.25, -0.2) is 4.68 Å². The van der Waals surface area contributed by atoms with E-state index < -0.39 is 0 Å². The van der Waals surface area contributed by atoms with E-state index in [9.17, 15) is 4.79 Å². The van der Waals surface area contributed by atoms with Gasteiger partial charge in [0.1, 0.15) is 11.6 Å². The number of hydrogen-bond acceptors (Lipinski definition) is 3. The fraction of sp³-hybridized carbons (Fsp3) is 0.583. The van der Waals surface area contributed by atoms with Crippen molar-refractivity contribution in [1.82, 2.24) is 9.78 Å². The minimum absolute atomic E-state index is 0.190. The first-order chi connectivity index (χ1) is 7.60. The lowest BCUT2D eigenvalue weighted by Crippen LogP contribution is -2.26. The van der Waals surface area contributed by atoms with E-state index in [0.29, 0.717) is 6.54 Å². The third-order valence-electron chi connectivity index (χ3n) is 2.43. The molecule has 16 heavy (non-hydrogen) atoms. The topological polar surface area (TPSA) is 58.7 Å². The standard InChI is InChI=1S/C12H17N3O/c1-4-5-6-15-12(16)10(8-13)7-11(14-15)9(2)3/h7,9H,4-6H2,1-3H3. The molecule has 4 nitrogen and oxygen atoms in total. The van der Waals surface area contributed by atoms with Crippen LogP contribution in [-0.2, 0) is 6.54 Å². The lowest BCUT2D eigenvalue weighted by atomic mass is 10.1. The Bertz CT molecular complexity index is 454. The zero-order valence-electron chi connectivity index (χ0n) is 10.0. The predicted octanol–water partition coefficient (Wildman–Crippen LogP) is 2.04. The molecule has 0 N–H and O–H groups in total. The van der Waals surface area contributed by atoms with Crippen molar-refractivity contribution < 1.29 is 0 Å². The molecule has 0 radical (unpaired) electrons. The van der Waals surface area contributed by atoms with E-state index in [-0.39, 0.29) is 17.0 Å². The number of aryl methyl sites for hydroxylation is 1. The summed E-state index contributed by atoms with van der Waals surface area (Å²) >= 11 is 0. The highest BCUT2D eigenvalue weighted by Gasteiger charge is 2.09. The summed E-state index contributed by atoms with van der Waals surface area (Å²) in [6.45, 7) is 6.64. The number of rotatable bonds is 4. The van der Waals surface area contributed by atoms with Crippen LogP contribution in [0.4, 0.5) is 0 Å². The minimum atomic E-state index is -0.277. The number of hydrogen-bond donors (Lipinski definition) is 0. The van der Waals surface area contributed by atoms with Crippen molar-refractivity contribution in [2.24, 2.45) is 0 Å². The summed E-state index contributed by atoms with van der Waals surface area (Å²) in [5.74, 6) is 0.223. The predicted molar refractivity (Wildman–Crippen MR) is 62.2 cm³/mol. The van der Waals surface area contributed by atoms with Crippen LogP contribution in [-0.4, -0.2) is 9.78 Å². The van der Waals surface area contributed by atoms with Gasteiger partial charge in [0.05, 0.1) is 5.69 Å². The van der Waals surface area contributed by atoms with E-state index >= 15 is 0 Å². The van der Waals surface area contributed by atoms with Crippen LogP contribution in [0.5, 0.6) is 0 Å². The van der Waals surface area contributed by atoms with Crippen LogP contribution in [0.15, 0.2) is 10.9 Å². The Balaban J connectivity index is 3.21. The number of aromatic nitrogens is 2. The maximum Gasteiger partial charge on any atom is 0.284 e. The number of nitrogens with zero attached hydrogens (tertiary/aromatic N) is 3. The van der Waals surface area contributed by atoms with Crippen LogP contribution in [0.3, 0.4) is 0 Å². The third kappa shape index (κ3) is 2.69. The molecule has 1 heterocycles. The molecule has 1 rings (SSSR count). The first-order valence-corrected chi connectivity index (χ1v) is 5.62. The second kappa shape index (κ2) is 5.45. The summed E-state index contributed by atoms with van der Waals surface area (Å²) < 4.78 is 1.41. The molecule has 0 saturated heterocycles. The molecular weight excluding hydrogens is 202 g/mol. The van der Waals surface area contributed by atoms with Crippen LogP contribution in [0.2, 0.25) is 0 Å². The molecule has 4 heteroatoms. The van der Waals surface area contributed by atoms with Crippen LogP contribution in [0.25, 0.3) is 0 Å². The first kappa shape index (κ1) is 12.4. The fourth-order valence-corrected chi connectivity index (χ4v) is 1.38. The minimum Gasteiger partial charge on any atom is -0.266 e. The van der Waals surface area contributed by atoms with Gasteiger partial charge in [-0.15, -0.1) is 0 Å². The van der Waals surface area contributed by atoms with Gasteiger partial charge in [0.15, 0.2) is 0 Å². The summed E-state index contributed by atoms with van der Waals surface area (Å²) in [5.41, 5.74) is 0.711. The molecule has 0 amide bonds. The summed E-state index contributed by atoms with van der Waals surface area (Å²) in [6.07, 6.45) is 1.90. The van der Waals surface area contributed by atoms with Crippen LogP contribution in [0, 0.1) is 11.3 Å². The Hall–Kier alpha value is -1.63. The molecule has 0 fully saturated rings. The van der Waals surface area contributed by atoms with Crippen LogP contribution >= 0.6 is 0 Å². The van der Waals surface area contributed by atoms with E-state index in [4.69, 9.17) is 5.26 Å². The average Bonchev–Trinajstić information content (AvgIpc) is 2.27. The molecule has 0 spiro atoms. The first-order valence-electron chi connectivity index (χ1n) is 5.62. The van der Waals surface area contributed by atoms with Gasteiger partial charge in [0, 0.05) is 6.54 Å². The summed E-state index contributed by atoms with van der Waals surface area (Å²) in [6, 6.07) is 3.53. The van der Waals surface area contributed by atoms with Gasteiger partial charge in [0.25, 0.3) is 5.56 Å². The molecule has 0 aliphatic heterocycles. The lowest BCUT2D eigenvalue weighted by Gasteiger charge is -2.09. The molecule has 0 bridgehead atoms. The molecule has 1 aromatic heterocycles. The lowest BCUT2D eigenvalue weighted by molar-refractivity contribution is 0.525. The van der Waals surface area contributed by atoms with Gasteiger partial charge >= 0.3 is 0 Å². The van der Waals surface area contributed by atoms with Crippen LogP contribution < -0.4 is 5.56 Å². The molecule has 0 unspecified atom stereocenters. The van der Waals surface area contributed by atoms with Crippen LogP contribution in [0.1, 0.15) is 50.8 Å². The summed E-state index contributed by atoms with van der Waals surface area (Å²) in [5, 5.41) is 13.2. The highest BCUT2D eigenvalue weighted by atomic mass is 16.1. The van der Waals surface area contributed by atoms with E-state index in [1.54, 1.807) is 6.07 Å². The monoisotopic (exact) mass is 219 g/mol. The molecule has 0 aliphatic rings. The van der Waals surface area contributed by atoms with Gasteiger partial charge in [-0.2, -0.15) is 10.4 Å². The third-order valence-corrected chi connectivity index (χ3v) is 2.43. The maximum atomic E-state index is 11.8. The fourth-order valence-electron chi connectivity index (χ4n) is 1.38. The highest BCUT2D eigenvalue weighted by Crippen LogP contribution is 2.10. The highest BCUT2D eigenvalue weighted by molar-refractivity contribution is 5.27. The van der Waals surface area contributed by atoms with Crippen molar-refractivity contribution in [3.63, 3.8) is 0 Å². The Labute approximate surface area is 95.5 Å². The zero-order valence-corrected chi connectivity index (χ0v) is 10.0. The Morgan fingerprint density at radius 2 is 2.25 bits per heavy atom. The van der Waals surface area contributed by atoms with Crippen molar-refractivity contribution in [1.29, 1.82) is 5.26 Å². The van der Waals surface area contributed by atoms with Gasteiger partial charge in [-0.3, -0.25) is 4.79 Å². The van der Waals surface area contributed by atoms with Crippen molar-refractivity contribution >= 4 is 0 Å². The Morgan fingerprint density at radius 1 is 1.56 bits per heavy atom. The van der Waals surface area contributed by atoms with Crippen molar-refractivity contribution in [3.05, 3.63) is 27.7 Å². The van der Waals surface area contributed by atoms with E-state index in [2.05, 4.69) is 12.0 Å². The smallest absolute Gasteiger partial charge is 0.266 e. The van der Waals surface area contributed by atoms with E-state index in [1.165, 1.54) is 4.68 Å². The Kier molecular flexibility index (Phi) is 4.24. The Morgan fingerprint density at radius 3 is 2.75 bits per heavy atom. The summed E-state index contributed by atoms with van der Waals surface area (Å²) in [4.78, 5) is 11.8. The van der Waals surface area contributed by atoms with Crippen molar-refractivity contribution in [2.75, 3.05) is 0 Å². The second-order valence-electron chi connectivity index (χ2n) is 4.13. The van der Waals surface area contributed by atoms with Crippen molar-refractivity contribution in [3.8, 4) is 6.07 Å². The van der Waals surface area contributed by atoms with Gasteiger partial charge in [-0.1, -0.05) is 27.2 Å². The molecular formula is C12H17N3O. The normalized spacial score (nSPS) is 10.4. The maximum absolute atomic E-state index is 11.8. The SMILES string of the molecule is CCCCn1nc(C(C)C)cc(C#N)c1=O. The second-order valence-corrected chi connectivity index (χ2v) is 4.13. The molecule has 0 atom stereocenters. The van der Waals surface area contributed by atoms with Gasteiger partial charge in [-0.05, 0) is 18.4 Å². The number of unbranched alkanes of at least 4 members (excludes halogenated alkanes) is 1. The zero-order chi connectivity index (χ0) is 12.1. The molecule has 1 aromatic rings. The largest absolute Gasteiger partial charge is 0.284 e. The molecule has 0 saturated carbocycles. The molecule has 0 aliphatic carbocycles. The van der Waals surface area contributed by atoms with E-state index in [1.807, 2.05) is 19.9 Å². The molecule has 0 aromatic carbocycles. The van der Waals surface area contributed by atoms with E-state index in [0.717, 1.165) is 18.5 Å². The van der Waals surface area contributed by atoms with Gasteiger partial charge < -0.3 is 0 Å². The average molecular weight is 219 g/mol. The number of nitriles is 1.